The molecule has 0 radical (unpaired) electrons. The minimum absolute atomic E-state index is 0.234. The molecule has 0 aliphatic heterocycles. The van der Waals surface area contributed by atoms with Crippen LogP contribution in [0.5, 0.6) is 0 Å². The summed E-state index contributed by atoms with van der Waals surface area (Å²) in [6.07, 6.45) is 3.39. The van der Waals surface area contributed by atoms with Gasteiger partial charge in [-0.05, 0) is 18.2 Å². The van der Waals surface area contributed by atoms with Crippen molar-refractivity contribution in [2.24, 2.45) is 0 Å². The second kappa shape index (κ2) is 4.85. The Morgan fingerprint density at radius 1 is 1.26 bits per heavy atom. The molecule has 0 saturated heterocycles. The second-order valence-corrected chi connectivity index (χ2v) is 5.52. The van der Waals surface area contributed by atoms with E-state index < -0.39 is 0 Å². The van der Waals surface area contributed by atoms with Crippen molar-refractivity contribution in [2.75, 3.05) is 5.32 Å². The van der Waals surface area contributed by atoms with Gasteiger partial charge in [-0.2, -0.15) is 0 Å². The van der Waals surface area contributed by atoms with Crippen molar-refractivity contribution in [1.29, 1.82) is 0 Å². The van der Waals surface area contributed by atoms with E-state index in [1.807, 2.05) is 0 Å². The van der Waals surface area contributed by atoms with Crippen LogP contribution in [0.25, 0.3) is 4.96 Å². The third-order valence-corrected chi connectivity index (χ3v) is 3.79. The summed E-state index contributed by atoms with van der Waals surface area (Å²) < 4.78 is 1.73. The molecule has 1 N–H and O–H groups in total. The van der Waals surface area contributed by atoms with Gasteiger partial charge in [0.1, 0.15) is 5.69 Å². The lowest BCUT2D eigenvalue weighted by Gasteiger charge is -2.05. The first-order chi connectivity index (χ1) is 9.13. The van der Waals surface area contributed by atoms with E-state index in [1.165, 1.54) is 11.3 Å². The van der Waals surface area contributed by atoms with Crippen LogP contribution in [-0.4, -0.2) is 15.3 Å². The standard InChI is InChI=1S/C12H7Cl2N3OS/c13-7-3-8(14)5-9(4-7)16-11(18)10-6-19-12-15-1-2-17(10)12/h1-6H,(H,16,18). The maximum Gasteiger partial charge on any atom is 0.273 e. The van der Waals surface area contributed by atoms with Gasteiger partial charge in [0.05, 0.1) is 0 Å². The Kier molecular flexibility index (Phi) is 3.18. The monoisotopic (exact) mass is 311 g/mol. The van der Waals surface area contributed by atoms with Crippen molar-refractivity contribution >= 4 is 51.1 Å². The zero-order valence-electron chi connectivity index (χ0n) is 9.43. The van der Waals surface area contributed by atoms with Crippen LogP contribution < -0.4 is 5.32 Å². The van der Waals surface area contributed by atoms with E-state index in [9.17, 15) is 4.79 Å². The van der Waals surface area contributed by atoms with E-state index in [0.29, 0.717) is 21.4 Å². The summed E-state index contributed by atoms with van der Waals surface area (Å²) in [5.41, 5.74) is 1.08. The predicted octanol–water partition coefficient (Wildman–Crippen LogP) is 3.95. The fraction of sp³-hybridized carbons (Fsp3) is 0. The van der Waals surface area contributed by atoms with Crippen LogP contribution in [0.4, 0.5) is 5.69 Å². The van der Waals surface area contributed by atoms with Crippen LogP contribution in [0.15, 0.2) is 36.0 Å². The van der Waals surface area contributed by atoms with Crippen molar-refractivity contribution in [2.45, 2.75) is 0 Å². The zero-order valence-corrected chi connectivity index (χ0v) is 11.8. The number of halogens is 2. The van der Waals surface area contributed by atoms with Crippen LogP contribution in [0, 0.1) is 0 Å². The van der Waals surface area contributed by atoms with Gasteiger partial charge >= 0.3 is 0 Å². The topological polar surface area (TPSA) is 46.4 Å². The molecular formula is C12H7Cl2N3OS. The molecule has 4 nitrogen and oxygen atoms in total. The molecule has 0 unspecified atom stereocenters. The summed E-state index contributed by atoms with van der Waals surface area (Å²) in [5, 5.41) is 5.46. The van der Waals surface area contributed by atoms with Gasteiger partial charge in [-0.15, -0.1) is 11.3 Å². The molecule has 0 spiro atoms. The van der Waals surface area contributed by atoms with Gasteiger partial charge in [-0.25, -0.2) is 4.98 Å². The number of rotatable bonds is 2. The molecule has 96 valence electrons. The largest absolute Gasteiger partial charge is 0.321 e. The number of benzene rings is 1. The van der Waals surface area contributed by atoms with Gasteiger partial charge in [0.15, 0.2) is 4.96 Å². The Bertz CT molecular complexity index is 745. The minimum atomic E-state index is -0.234. The molecule has 1 amide bonds. The van der Waals surface area contributed by atoms with Gasteiger partial charge in [0.25, 0.3) is 5.91 Å². The third kappa shape index (κ3) is 2.45. The Hall–Kier alpha value is -1.56. The number of nitrogens with one attached hydrogen (secondary N) is 1. The van der Waals surface area contributed by atoms with Crippen molar-refractivity contribution in [3.8, 4) is 0 Å². The van der Waals surface area contributed by atoms with Crippen molar-refractivity contribution in [1.82, 2.24) is 9.38 Å². The Balaban J connectivity index is 1.91. The number of anilines is 1. The zero-order chi connectivity index (χ0) is 13.4. The van der Waals surface area contributed by atoms with Gasteiger partial charge in [0, 0.05) is 33.5 Å². The highest BCUT2D eigenvalue weighted by molar-refractivity contribution is 7.15. The van der Waals surface area contributed by atoms with Crippen molar-refractivity contribution < 1.29 is 4.79 Å². The van der Waals surface area contributed by atoms with Crippen LogP contribution in [0.1, 0.15) is 10.5 Å². The number of hydrogen-bond donors (Lipinski definition) is 1. The normalized spacial score (nSPS) is 10.8. The molecule has 0 bridgehead atoms. The minimum Gasteiger partial charge on any atom is -0.321 e. The van der Waals surface area contributed by atoms with E-state index >= 15 is 0 Å². The molecule has 1 aromatic carbocycles. The fourth-order valence-corrected chi connectivity index (χ4v) is 3.07. The summed E-state index contributed by atoms with van der Waals surface area (Å²) in [5.74, 6) is -0.234. The summed E-state index contributed by atoms with van der Waals surface area (Å²) >= 11 is 13.2. The summed E-state index contributed by atoms with van der Waals surface area (Å²) in [6, 6.07) is 4.89. The van der Waals surface area contributed by atoms with Gasteiger partial charge in [-0.1, -0.05) is 23.2 Å². The van der Waals surface area contributed by atoms with Crippen molar-refractivity contribution in [3.63, 3.8) is 0 Å². The molecule has 0 fully saturated rings. The van der Waals surface area contributed by atoms with Gasteiger partial charge in [-0.3, -0.25) is 9.20 Å². The average Bonchev–Trinajstić information content (AvgIpc) is 2.87. The van der Waals surface area contributed by atoms with E-state index in [0.717, 1.165) is 4.96 Å². The molecule has 0 aliphatic carbocycles. The number of carbonyl (C=O) groups excluding carboxylic acids is 1. The number of imidazole rings is 1. The predicted molar refractivity (Wildman–Crippen MR) is 77.5 cm³/mol. The van der Waals surface area contributed by atoms with Gasteiger partial charge < -0.3 is 5.32 Å². The SMILES string of the molecule is O=C(Nc1cc(Cl)cc(Cl)c1)c1csc2nccn12. The van der Waals surface area contributed by atoms with E-state index in [2.05, 4.69) is 10.3 Å². The lowest BCUT2D eigenvalue weighted by Crippen LogP contribution is -2.13. The number of amides is 1. The maximum atomic E-state index is 12.2. The van der Waals surface area contributed by atoms with Crippen LogP contribution in [0.2, 0.25) is 10.0 Å². The highest BCUT2D eigenvalue weighted by Gasteiger charge is 2.13. The number of hydrogen-bond acceptors (Lipinski definition) is 3. The molecular weight excluding hydrogens is 305 g/mol. The summed E-state index contributed by atoms with van der Waals surface area (Å²) in [6.45, 7) is 0. The molecule has 0 aliphatic rings. The molecule has 2 aromatic heterocycles. The molecule has 3 rings (SSSR count). The lowest BCUT2D eigenvalue weighted by molar-refractivity contribution is 0.102. The molecule has 0 saturated carbocycles. The molecule has 19 heavy (non-hydrogen) atoms. The maximum absolute atomic E-state index is 12.2. The highest BCUT2D eigenvalue weighted by Crippen LogP contribution is 2.23. The molecule has 7 heteroatoms. The number of nitrogens with zero attached hydrogens (tertiary/aromatic N) is 2. The van der Waals surface area contributed by atoms with E-state index in [4.69, 9.17) is 23.2 Å². The Morgan fingerprint density at radius 3 is 2.74 bits per heavy atom. The first-order valence-corrected chi connectivity index (χ1v) is 6.95. The van der Waals surface area contributed by atoms with Crippen molar-refractivity contribution in [3.05, 3.63) is 51.7 Å². The number of carbonyl (C=O) groups is 1. The average molecular weight is 312 g/mol. The molecule has 3 aromatic rings. The number of aromatic nitrogens is 2. The lowest BCUT2D eigenvalue weighted by atomic mass is 10.3. The van der Waals surface area contributed by atoms with E-state index in [1.54, 1.807) is 40.4 Å². The Labute approximate surface area is 122 Å². The summed E-state index contributed by atoms with van der Waals surface area (Å²) in [7, 11) is 0. The first-order valence-electron chi connectivity index (χ1n) is 5.31. The summed E-state index contributed by atoms with van der Waals surface area (Å²) in [4.78, 5) is 17.1. The highest BCUT2D eigenvalue weighted by atomic mass is 35.5. The van der Waals surface area contributed by atoms with Gasteiger partial charge in [0.2, 0.25) is 0 Å². The smallest absolute Gasteiger partial charge is 0.273 e. The Morgan fingerprint density at radius 2 is 2.00 bits per heavy atom. The fourth-order valence-electron chi connectivity index (χ4n) is 1.71. The van der Waals surface area contributed by atoms with Crippen LogP contribution in [-0.2, 0) is 0 Å². The first kappa shape index (κ1) is 12.5. The van der Waals surface area contributed by atoms with Crippen LogP contribution >= 0.6 is 34.5 Å². The number of thiazole rings is 1. The third-order valence-electron chi connectivity index (χ3n) is 2.50. The molecule has 2 heterocycles. The quantitative estimate of drug-likeness (QED) is 0.778. The van der Waals surface area contributed by atoms with Crippen LogP contribution in [0.3, 0.4) is 0 Å². The molecule has 0 atom stereocenters. The van der Waals surface area contributed by atoms with E-state index in [-0.39, 0.29) is 5.91 Å². The second-order valence-electron chi connectivity index (χ2n) is 3.81. The number of fused-ring (bicyclic) bond motifs is 1.